The molecule has 4 rings (SSSR count). The summed E-state index contributed by atoms with van der Waals surface area (Å²) in [7, 11) is 1.25. The Bertz CT molecular complexity index is 1180. The Kier molecular flexibility index (Phi) is 4.51. The highest BCUT2D eigenvalue weighted by atomic mass is 16.5. The lowest BCUT2D eigenvalue weighted by Gasteiger charge is -2.10. The van der Waals surface area contributed by atoms with Gasteiger partial charge in [-0.15, -0.1) is 5.10 Å². The first kappa shape index (κ1) is 17.3. The number of hydrogen-bond acceptors (Lipinski definition) is 6. The minimum atomic E-state index is -0.684. The largest absolute Gasteiger partial charge is 0.464 e. The minimum absolute atomic E-state index is 0.0459. The fraction of sp³-hybridized carbons (Fsp3) is 0.0500. The maximum Gasteiger partial charge on any atom is 0.360 e. The Morgan fingerprint density at radius 3 is 2.36 bits per heavy atom. The van der Waals surface area contributed by atoms with E-state index in [0.29, 0.717) is 11.4 Å². The van der Waals surface area contributed by atoms with Gasteiger partial charge in [-0.3, -0.25) is 4.79 Å². The molecule has 0 bridgehead atoms. The number of carbonyl (C=O) groups is 1. The molecule has 0 N–H and O–H groups in total. The van der Waals surface area contributed by atoms with E-state index in [0.717, 1.165) is 10.2 Å². The number of ether oxygens (including phenoxy) is 1. The van der Waals surface area contributed by atoms with Crippen molar-refractivity contribution >= 4 is 5.97 Å². The van der Waals surface area contributed by atoms with E-state index >= 15 is 0 Å². The molecule has 0 radical (unpaired) electrons. The summed E-state index contributed by atoms with van der Waals surface area (Å²) in [5, 5.41) is 12.4. The highest BCUT2D eigenvalue weighted by Gasteiger charge is 2.20. The summed E-state index contributed by atoms with van der Waals surface area (Å²) in [5.74, 6) is -0.684. The van der Waals surface area contributed by atoms with Crippen LogP contribution in [0, 0.1) is 0 Å². The monoisotopic (exact) mass is 373 g/mol. The van der Waals surface area contributed by atoms with Gasteiger partial charge in [-0.1, -0.05) is 53.7 Å². The molecular formula is C20H15N5O3. The van der Waals surface area contributed by atoms with Gasteiger partial charge in [0.05, 0.1) is 19.0 Å². The number of hydrogen-bond donors (Lipinski definition) is 0. The van der Waals surface area contributed by atoms with Crippen molar-refractivity contribution in [1.29, 1.82) is 0 Å². The van der Waals surface area contributed by atoms with E-state index in [9.17, 15) is 9.59 Å². The number of benzene rings is 2. The summed E-state index contributed by atoms with van der Waals surface area (Å²) in [4.78, 5) is 25.0. The van der Waals surface area contributed by atoms with E-state index < -0.39 is 11.5 Å². The molecule has 0 fully saturated rings. The van der Waals surface area contributed by atoms with Crippen LogP contribution in [0.5, 0.6) is 0 Å². The molecule has 0 spiro atoms. The second-order valence-electron chi connectivity index (χ2n) is 5.87. The van der Waals surface area contributed by atoms with E-state index in [1.807, 2.05) is 36.4 Å². The van der Waals surface area contributed by atoms with Crippen molar-refractivity contribution in [2.24, 2.45) is 0 Å². The molecule has 28 heavy (non-hydrogen) atoms. The number of carbonyl (C=O) groups excluding carboxylic acids is 1. The number of rotatable bonds is 4. The molecule has 0 atom stereocenters. The van der Waals surface area contributed by atoms with Gasteiger partial charge in [0, 0.05) is 11.6 Å². The molecule has 0 saturated heterocycles. The summed E-state index contributed by atoms with van der Waals surface area (Å²) in [6.07, 6.45) is 1.63. The number of aromatic nitrogens is 5. The van der Waals surface area contributed by atoms with Crippen molar-refractivity contribution in [3.05, 3.63) is 89.0 Å². The number of esters is 1. The van der Waals surface area contributed by atoms with Crippen molar-refractivity contribution < 1.29 is 9.53 Å². The van der Waals surface area contributed by atoms with E-state index in [1.165, 1.54) is 17.9 Å². The SMILES string of the molecule is COC(=O)c1nn(-c2ccccc2)c(=O)cc1-n1cc(-c2ccccc2)nn1. The zero-order chi connectivity index (χ0) is 19.5. The molecule has 8 nitrogen and oxygen atoms in total. The Labute approximate surface area is 159 Å². The molecule has 2 aromatic carbocycles. The number of nitrogens with zero attached hydrogens (tertiary/aromatic N) is 5. The van der Waals surface area contributed by atoms with Gasteiger partial charge < -0.3 is 4.74 Å². The van der Waals surface area contributed by atoms with Crippen molar-refractivity contribution in [3.8, 4) is 22.6 Å². The quantitative estimate of drug-likeness (QED) is 0.510. The normalized spacial score (nSPS) is 10.6. The fourth-order valence-electron chi connectivity index (χ4n) is 2.74. The molecule has 2 aromatic heterocycles. The summed E-state index contributed by atoms with van der Waals surface area (Å²) >= 11 is 0. The zero-order valence-electron chi connectivity index (χ0n) is 14.9. The second-order valence-corrected chi connectivity index (χ2v) is 5.87. The van der Waals surface area contributed by atoms with E-state index in [4.69, 9.17) is 4.74 Å². The molecule has 0 amide bonds. The second kappa shape index (κ2) is 7.28. The molecule has 2 heterocycles. The zero-order valence-corrected chi connectivity index (χ0v) is 14.9. The van der Waals surface area contributed by atoms with Gasteiger partial charge in [0.25, 0.3) is 5.56 Å². The Morgan fingerprint density at radius 1 is 1.00 bits per heavy atom. The Balaban J connectivity index is 1.85. The first-order valence-corrected chi connectivity index (χ1v) is 8.43. The lowest BCUT2D eigenvalue weighted by molar-refractivity contribution is 0.0591. The van der Waals surface area contributed by atoms with Crippen molar-refractivity contribution in [3.63, 3.8) is 0 Å². The Hall–Kier alpha value is -4.07. The van der Waals surface area contributed by atoms with Gasteiger partial charge in [-0.2, -0.15) is 9.78 Å². The summed E-state index contributed by atoms with van der Waals surface area (Å²) in [5.41, 5.74) is 1.73. The predicted molar refractivity (Wildman–Crippen MR) is 102 cm³/mol. The van der Waals surface area contributed by atoms with Crippen LogP contribution in [0.2, 0.25) is 0 Å². The molecule has 0 aliphatic heterocycles. The molecule has 0 aliphatic rings. The van der Waals surface area contributed by atoms with Crippen LogP contribution in [0.25, 0.3) is 22.6 Å². The highest BCUT2D eigenvalue weighted by molar-refractivity contribution is 5.91. The van der Waals surface area contributed by atoms with Crippen LogP contribution >= 0.6 is 0 Å². The first-order chi connectivity index (χ1) is 13.7. The van der Waals surface area contributed by atoms with Crippen LogP contribution in [-0.4, -0.2) is 37.9 Å². The van der Waals surface area contributed by atoms with Gasteiger partial charge in [-0.25, -0.2) is 9.48 Å². The Morgan fingerprint density at radius 2 is 1.68 bits per heavy atom. The third kappa shape index (κ3) is 3.18. The van der Waals surface area contributed by atoms with Crippen LogP contribution < -0.4 is 5.56 Å². The molecule has 0 aliphatic carbocycles. The third-order valence-corrected chi connectivity index (χ3v) is 4.10. The standard InChI is InChI=1S/C20H15N5O3/c1-28-20(27)19-17(12-18(26)25(22-19)15-10-6-3-7-11-15)24-13-16(21-23-24)14-8-4-2-5-9-14/h2-13H,1H3. The predicted octanol–water partition coefficient (Wildman–Crippen LogP) is 2.27. The molecule has 138 valence electrons. The number of para-hydroxylation sites is 1. The van der Waals surface area contributed by atoms with Crippen LogP contribution in [-0.2, 0) is 4.74 Å². The summed E-state index contributed by atoms with van der Waals surface area (Å²) in [6.45, 7) is 0. The van der Waals surface area contributed by atoms with Crippen molar-refractivity contribution in [2.75, 3.05) is 7.11 Å². The molecule has 8 heteroatoms. The lowest BCUT2D eigenvalue weighted by atomic mass is 10.2. The molecule has 4 aromatic rings. The van der Waals surface area contributed by atoms with Gasteiger partial charge in [0.1, 0.15) is 11.4 Å². The van der Waals surface area contributed by atoms with Crippen LogP contribution in [0.3, 0.4) is 0 Å². The van der Waals surface area contributed by atoms with Crippen LogP contribution in [0.4, 0.5) is 0 Å². The van der Waals surface area contributed by atoms with Crippen LogP contribution in [0.1, 0.15) is 10.5 Å². The van der Waals surface area contributed by atoms with Gasteiger partial charge in [0.2, 0.25) is 0 Å². The average Bonchev–Trinajstić information content (AvgIpc) is 3.24. The minimum Gasteiger partial charge on any atom is -0.464 e. The van der Waals surface area contributed by atoms with Gasteiger partial charge in [-0.05, 0) is 12.1 Å². The van der Waals surface area contributed by atoms with Crippen molar-refractivity contribution in [1.82, 2.24) is 24.8 Å². The topological polar surface area (TPSA) is 91.9 Å². The van der Waals surface area contributed by atoms with Gasteiger partial charge >= 0.3 is 5.97 Å². The maximum atomic E-state index is 12.6. The molecule has 0 unspecified atom stereocenters. The fourth-order valence-corrected chi connectivity index (χ4v) is 2.74. The maximum absolute atomic E-state index is 12.6. The highest BCUT2D eigenvalue weighted by Crippen LogP contribution is 2.18. The number of methoxy groups -OCH3 is 1. The van der Waals surface area contributed by atoms with E-state index in [1.54, 1.807) is 30.5 Å². The third-order valence-electron chi connectivity index (χ3n) is 4.10. The van der Waals surface area contributed by atoms with Gasteiger partial charge in [0.15, 0.2) is 5.69 Å². The lowest BCUT2D eigenvalue weighted by Crippen LogP contribution is -2.26. The first-order valence-electron chi connectivity index (χ1n) is 8.43. The van der Waals surface area contributed by atoms with E-state index in [2.05, 4.69) is 15.4 Å². The van der Waals surface area contributed by atoms with Crippen molar-refractivity contribution in [2.45, 2.75) is 0 Å². The molecular weight excluding hydrogens is 358 g/mol. The van der Waals surface area contributed by atoms with Crippen LogP contribution in [0.15, 0.2) is 77.7 Å². The smallest absolute Gasteiger partial charge is 0.360 e. The molecule has 0 saturated carbocycles. The average molecular weight is 373 g/mol. The summed E-state index contributed by atoms with van der Waals surface area (Å²) in [6, 6.07) is 19.6. The van der Waals surface area contributed by atoms with E-state index in [-0.39, 0.29) is 11.4 Å². The summed E-state index contributed by atoms with van der Waals surface area (Å²) < 4.78 is 7.33.